The van der Waals surface area contributed by atoms with E-state index in [1.807, 2.05) is 47.9 Å². The molecule has 3 aromatic rings. The number of benzene rings is 1. The van der Waals surface area contributed by atoms with Gasteiger partial charge in [-0.3, -0.25) is 9.55 Å². The molecule has 4 rings (SSSR count). The highest BCUT2D eigenvalue weighted by Gasteiger charge is 2.34. The molecule has 1 aromatic carbocycles. The first-order valence-corrected chi connectivity index (χ1v) is 7.63. The van der Waals surface area contributed by atoms with E-state index in [9.17, 15) is 4.79 Å². The molecule has 2 aromatic heterocycles. The summed E-state index contributed by atoms with van der Waals surface area (Å²) in [5.41, 5.74) is 4.01. The van der Waals surface area contributed by atoms with Gasteiger partial charge in [-0.1, -0.05) is 18.2 Å². The van der Waals surface area contributed by atoms with Crippen LogP contribution in [0.25, 0.3) is 11.0 Å². The Kier molecular flexibility index (Phi) is 3.30. The summed E-state index contributed by atoms with van der Waals surface area (Å²) in [5, 5.41) is 3.22. The maximum absolute atomic E-state index is 12.5. The molecule has 0 amide bonds. The van der Waals surface area contributed by atoms with E-state index in [1.165, 1.54) is 7.11 Å². The summed E-state index contributed by atoms with van der Waals surface area (Å²) in [5.74, 6) is 0.340. The van der Waals surface area contributed by atoms with Crippen molar-refractivity contribution in [1.82, 2.24) is 14.5 Å². The van der Waals surface area contributed by atoms with Crippen LogP contribution in [-0.2, 0) is 9.53 Å². The molecule has 6 heteroatoms. The normalized spacial score (nSPS) is 16.7. The lowest BCUT2D eigenvalue weighted by atomic mass is 9.96. The number of hydrogen-bond donors (Lipinski definition) is 1. The number of carbonyl (C=O) groups is 1. The second-order valence-corrected chi connectivity index (χ2v) is 5.64. The molecule has 1 N–H and O–H groups in total. The fraction of sp³-hybridized carbons (Fsp3) is 0.167. The molecule has 0 fully saturated rings. The molecule has 0 aliphatic carbocycles. The minimum atomic E-state index is -0.364. The molecule has 120 valence electrons. The van der Waals surface area contributed by atoms with Crippen LogP contribution in [0.5, 0.6) is 0 Å². The Morgan fingerprint density at radius 3 is 2.83 bits per heavy atom. The fourth-order valence-electron chi connectivity index (χ4n) is 3.19. The molecule has 0 radical (unpaired) electrons. The van der Waals surface area contributed by atoms with Crippen molar-refractivity contribution in [2.24, 2.45) is 0 Å². The smallest absolute Gasteiger partial charge is 0.337 e. The minimum absolute atomic E-state index is 0.338. The number of nitrogens with one attached hydrogen (secondary N) is 1. The summed E-state index contributed by atoms with van der Waals surface area (Å²) in [4.78, 5) is 21.3. The van der Waals surface area contributed by atoms with Crippen molar-refractivity contribution in [1.29, 1.82) is 0 Å². The monoisotopic (exact) mass is 320 g/mol. The summed E-state index contributed by atoms with van der Waals surface area (Å²) < 4.78 is 7.04. The van der Waals surface area contributed by atoms with Crippen molar-refractivity contribution < 1.29 is 9.53 Å². The first kappa shape index (κ1) is 14.4. The zero-order valence-corrected chi connectivity index (χ0v) is 13.4. The van der Waals surface area contributed by atoms with E-state index < -0.39 is 0 Å². The molecule has 24 heavy (non-hydrogen) atoms. The van der Waals surface area contributed by atoms with Gasteiger partial charge in [0.25, 0.3) is 0 Å². The lowest BCUT2D eigenvalue weighted by molar-refractivity contribution is -0.136. The summed E-state index contributed by atoms with van der Waals surface area (Å²) in [6.07, 6.45) is 3.48. The Morgan fingerprint density at radius 1 is 1.25 bits per heavy atom. The predicted octanol–water partition coefficient (Wildman–Crippen LogP) is 2.89. The number of nitrogens with zero attached hydrogens (tertiary/aromatic N) is 3. The number of para-hydroxylation sites is 2. The molecule has 6 nitrogen and oxygen atoms in total. The van der Waals surface area contributed by atoms with Crippen LogP contribution in [0.1, 0.15) is 18.5 Å². The summed E-state index contributed by atoms with van der Waals surface area (Å²) in [7, 11) is 1.39. The van der Waals surface area contributed by atoms with Gasteiger partial charge in [-0.25, -0.2) is 9.78 Å². The number of hydrogen-bond acceptors (Lipinski definition) is 5. The maximum atomic E-state index is 12.5. The molecule has 1 aliphatic rings. The van der Waals surface area contributed by atoms with Crippen LogP contribution in [0, 0.1) is 0 Å². The van der Waals surface area contributed by atoms with Gasteiger partial charge in [0.05, 0.1) is 29.8 Å². The number of esters is 1. The van der Waals surface area contributed by atoms with Crippen molar-refractivity contribution in [2.75, 3.05) is 12.4 Å². The van der Waals surface area contributed by atoms with Crippen LogP contribution in [0.2, 0.25) is 0 Å². The number of anilines is 1. The number of pyridine rings is 1. The predicted molar refractivity (Wildman–Crippen MR) is 90.4 cm³/mol. The molecule has 0 bridgehead atoms. The van der Waals surface area contributed by atoms with Crippen LogP contribution in [0.3, 0.4) is 0 Å². The van der Waals surface area contributed by atoms with Gasteiger partial charge in [0.15, 0.2) is 0 Å². The van der Waals surface area contributed by atoms with Gasteiger partial charge in [-0.05, 0) is 30.7 Å². The zero-order chi connectivity index (χ0) is 16.7. The van der Waals surface area contributed by atoms with Gasteiger partial charge in [-0.2, -0.15) is 0 Å². The largest absolute Gasteiger partial charge is 0.466 e. The number of fused-ring (bicyclic) bond motifs is 3. The van der Waals surface area contributed by atoms with E-state index in [4.69, 9.17) is 4.74 Å². The van der Waals surface area contributed by atoms with Crippen molar-refractivity contribution in [3.63, 3.8) is 0 Å². The van der Waals surface area contributed by atoms with E-state index in [-0.39, 0.29) is 12.0 Å². The number of carbonyl (C=O) groups excluding carboxylic acids is 1. The molecule has 0 saturated carbocycles. The van der Waals surface area contributed by atoms with Crippen LogP contribution < -0.4 is 5.32 Å². The number of aromatic nitrogens is 3. The van der Waals surface area contributed by atoms with E-state index in [2.05, 4.69) is 15.3 Å². The Balaban J connectivity index is 2.02. The first-order valence-electron chi connectivity index (χ1n) is 7.63. The number of allylic oxidation sites excluding steroid dienone is 1. The van der Waals surface area contributed by atoms with Crippen LogP contribution >= 0.6 is 0 Å². The van der Waals surface area contributed by atoms with Gasteiger partial charge >= 0.3 is 5.97 Å². The fourth-order valence-corrected chi connectivity index (χ4v) is 3.19. The molecule has 0 unspecified atom stereocenters. The molecular weight excluding hydrogens is 304 g/mol. The lowest BCUT2D eigenvalue weighted by Crippen LogP contribution is -2.28. The van der Waals surface area contributed by atoms with E-state index in [1.54, 1.807) is 12.4 Å². The van der Waals surface area contributed by atoms with Crippen molar-refractivity contribution >= 4 is 23.0 Å². The van der Waals surface area contributed by atoms with E-state index in [0.29, 0.717) is 11.5 Å². The standard InChI is InChI=1S/C18H16N4O2/c1-11-15(17(23)24-2)16(12-6-5-9-19-10-12)22-14-8-4-3-7-13(14)21-18(22)20-11/h3-10,16H,1-2H3,(H,20,21)/t16-/m0/s1. The second-order valence-electron chi connectivity index (χ2n) is 5.64. The summed E-state index contributed by atoms with van der Waals surface area (Å²) in [6, 6.07) is 11.3. The quantitative estimate of drug-likeness (QED) is 0.735. The molecule has 0 saturated heterocycles. The van der Waals surface area contributed by atoms with Crippen LogP contribution in [0.15, 0.2) is 60.1 Å². The topological polar surface area (TPSA) is 69.0 Å². The highest BCUT2D eigenvalue weighted by molar-refractivity contribution is 5.93. The van der Waals surface area contributed by atoms with Crippen molar-refractivity contribution in [2.45, 2.75) is 13.0 Å². The average Bonchev–Trinajstić information content (AvgIpc) is 2.98. The lowest BCUT2D eigenvalue weighted by Gasteiger charge is -2.29. The molecule has 1 atom stereocenters. The van der Waals surface area contributed by atoms with Gasteiger partial charge < -0.3 is 10.1 Å². The van der Waals surface area contributed by atoms with E-state index in [0.717, 1.165) is 22.3 Å². The second kappa shape index (κ2) is 5.49. The van der Waals surface area contributed by atoms with Gasteiger partial charge in [0.2, 0.25) is 5.95 Å². The Morgan fingerprint density at radius 2 is 2.08 bits per heavy atom. The number of ether oxygens (including phenoxy) is 1. The number of imidazole rings is 1. The number of rotatable bonds is 2. The van der Waals surface area contributed by atoms with Crippen molar-refractivity contribution in [3.05, 3.63) is 65.6 Å². The minimum Gasteiger partial charge on any atom is -0.466 e. The summed E-state index contributed by atoms with van der Waals surface area (Å²) in [6.45, 7) is 1.86. The van der Waals surface area contributed by atoms with Gasteiger partial charge in [-0.15, -0.1) is 0 Å². The molecular formula is C18H16N4O2. The van der Waals surface area contributed by atoms with Gasteiger partial charge in [0, 0.05) is 18.1 Å². The molecule has 3 heterocycles. The molecule has 0 spiro atoms. The first-order chi connectivity index (χ1) is 11.7. The van der Waals surface area contributed by atoms with E-state index >= 15 is 0 Å². The van der Waals surface area contributed by atoms with Gasteiger partial charge in [0.1, 0.15) is 0 Å². The Hall–Kier alpha value is -3.15. The third-order valence-electron chi connectivity index (χ3n) is 4.24. The average molecular weight is 320 g/mol. The van der Waals surface area contributed by atoms with Crippen molar-refractivity contribution in [3.8, 4) is 0 Å². The van der Waals surface area contributed by atoms with Crippen LogP contribution in [0.4, 0.5) is 5.95 Å². The third-order valence-corrected chi connectivity index (χ3v) is 4.24. The zero-order valence-electron chi connectivity index (χ0n) is 13.4. The Labute approximate surface area is 138 Å². The highest BCUT2D eigenvalue weighted by atomic mass is 16.5. The maximum Gasteiger partial charge on any atom is 0.337 e. The number of methoxy groups -OCH3 is 1. The van der Waals surface area contributed by atoms with Crippen LogP contribution in [-0.4, -0.2) is 27.6 Å². The highest BCUT2D eigenvalue weighted by Crippen LogP contribution is 2.39. The molecule has 1 aliphatic heterocycles. The Bertz CT molecular complexity index is 960. The summed E-state index contributed by atoms with van der Waals surface area (Å²) >= 11 is 0. The SMILES string of the molecule is COC(=O)C1=C(C)Nc2nc3ccccc3n2[C@H]1c1cccnc1. The third kappa shape index (κ3) is 2.07.